The fourth-order valence-electron chi connectivity index (χ4n) is 4.99. The molecule has 0 aromatic heterocycles. The SMILES string of the molecule is CC(C)[Si](Oc1ccc2c(c1)CCc1ccccc1C2=O)(C(C)C)C(C)C. The smallest absolute Gasteiger partial charge is 0.258 e. The molecule has 0 atom stereocenters. The molecule has 0 radical (unpaired) electrons. The Morgan fingerprint density at radius 3 is 1.96 bits per heavy atom. The maximum Gasteiger partial charge on any atom is 0.258 e. The molecule has 0 N–H and O–H groups in total. The second kappa shape index (κ2) is 7.63. The van der Waals surface area contributed by atoms with E-state index >= 15 is 0 Å². The summed E-state index contributed by atoms with van der Waals surface area (Å²) in [6.45, 7) is 13.8. The minimum Gasteiger partial charge on any atom is -0.543 e. The number of rotatable bonds is 5. The molecule has 1 aliphatic rings. The maximum absolute atomic E-state index is 13.0. The van der Waals surface area contributed by atoms with Gasteiger partial charge >= 0.3 is 0 Å². The highest BCUT2D eigenvalue weighted by atomic mass is 28.4. The molecule has 0 saturated carbocycles. The first kappa shape index (κ1) is 19.9. The van der Waals surface area contributed by atoms with Crippen molar-refractivity contribution >= 4 is 14.1 Å². The highest BCUT2D eigenvalue weighted by Crippen LogP contribution is 2.43. The van der Waals surface area contributed by atoms with Crippen molar-refractivity contribution in [2.75, 3.05) is 0 Å². The number of carbonyl (C=O) groups is 1. The fourth-order valence-corrected chi connectivity index (χ4v) is 10.2. The van der Waals surface area contributed by atoms with E-state index in [9.17, 15) is 4.79 Å². The Hall–Kier alpha value is -1.87. The summed E-state index contributed by atoms with van der Waals surface area (Å²) in [5.41, 5.74) is 5.54. The van der Waals surface area contributed by atoms with Gasteiger partial charge in [0.15, 0.2) is 5.78 Å². The van der Waals surface area contributed by atoms with Gasteiger partial charge in [0.25, 0.3) is 8.32 Å². The van der Waals surface area contributed by atoms with Gasteiger partial charge in [-0.1, -0.05) is 65.8 Å². The number of fused-ring (bicyclic) bond motifs is 2. The van der Waals surface area contributed by atoms with Crippen molar-refractivity contribution in [1.82, 2.24) is 0 Å². The van der Waals surface area contributed by atoms with Gasteiger partial charge in [-0.2, -0.15) is 0 Å². The Morgan fingerprint density at radius 2 is 1.33 bits per heavy atom. The minimum atomic E-state index is -1.99. The van der Waals surface area contributed by atoms with E-state index in [1.807, 2.05) is 30.3 Å². The van der Waals surface area contributed by atoms with Gasteiger partial charge in [-0.05, 0) is 58.8 Å². The predicted octanol–water partition coefficient (Wildman–Crippen LogP) is 6.57. The summed E-state index contributed by atoms with van der Waals surface area (Å²) in [6, 6.07) is 14.1. The van der Waals surface area contributed by atoms with Crippen molar-refractivity contribution in [2.24, 2.45) is 0 Å². The molecule has 1 aliphatic carbocycles. The van der Waals surface area contributed by atoms with E-state index in [-0.39, 0.29) is 5.78 Å². The van der Waals surface area contributed by atoms with E-state index in [1.54, 1.807) is 0 Å². The van der Waals surface area contributed by atoms with E-state index in [0.29, 0.717) is 16.6 Å². The van der Waals surface area contributed by atoms with Gasteiger partial charge in [0.05, 0.1) is 0 Å². The zero-order chi connectivity index (χ0) is 19.8. The normalized spacial score (nSPS) is 14.3. The fraction of sp³-hybridized carbons (Fsp3) is 0.458. The second-order valence-corrected chi connectivity index (χ2v) is 14.1. The second-order valence-electron chi connectivity index (χ2n) is 8.72. The lowest BCUT2D eigenvalue weighted by atomic mass is 9.99. The molecule has 0 spiro atoms. The molecule has 3 heteroatoms. The first-order valence-electron chi connectivity index (χ1n) is 10.2. The van der Waals surface area contributed by atoms with Crippen molar-refractivity contribution in [3.63, 3.8) is 0 Å². The lowest BCUT2D eigenvalue weighted by Gasteiger charge is -2.42. The van der Waals surface area contributed by atoms with Gasteiger partial charge < -0.3 is 4.43 Å². The molecule has 0 heterocycles. The number of aryl methyl sites for hydroxylation is 2. The topological polar surface area (TPSA) is 26.3 Å². The van der Waals surface area contributed by atoms with Crippen LogP contribution in [0.1, 0.15) is 68.6 Å². The van der Waals surface area contributed by atoms with Crippen molar-refractivity contribution < 1.29 is 9.22 Å². The first-order valence-corrected chi connectivity index (χ1v) is 12.4. The monoisotopic (exact) mass is 380 g/mol. The molecule has 0 fully saturated rings. The lowest BCUT2D eigenvalue weighted by molar-refractivity contribution is 0.103. The van der Waals surface area contributed by atoms with Gasteiger partial charge in [0, 0.05) is 11.1 Å². The highest BCUT2D eigenvalue weighted by Gasteiger charge is 2.47. The van der Waals surface area contributed by atoms with Crippen LogP contribution >= 0.6 is 0 Å². The third kappa shape index (κ3) is 3.50. The molecule has 3 rings (SSSR count). The molecule has 27 heavy (non-hydrogen) atoms. The molecule has 2 nitrogen and oxygen atoms in total. The number of ketones is 1. The number of carbonyl (C=O) groups excluding carboxylic acids is 1. The van der Waals surface area contributed by atoms with Crippen LogP contribution in [-0.4, -0.2) is 14.1 Å². The van der Waals surface area contributed by atoms with Crippen molar-refractivity contribution in [2.45, 2.75) is 71.0 Å². The van der Waals surface area contributed by atoms with E-state index in [2.05, 4.69) is 53.7 Å². The van der Waals surface area contributed by atoms with Crippen LogP contribution in [0, 0.1) is 0 Å². The molecule has 0 aliphatic heterocycles. The molecule has 2 aromatic rings. The molecule has 144 valence electrons. The number of hydrogen-bond donors (Lipinski definition) is 0. The van der Waals surface area contributed by atoms with Crippen molar-refractivity contribution in [3.05, 3.63) is 64.7 Å². The summed E-state index contributed by atoms with van der Waals surface area (Å²) in [6.07, 6.45) is 1.79. The molecule has 0 amide bonds. The quantitative estimate of drug-likeness (QED) is 0.548. The summed E-state index contributed by atoms with van der Waals surface area (Å²) in [5, 5.41) is 0. The Morgan fingerprint density at radius 1 is 0.778 bits per heavy atom. The standard InChI is InChI=1S/C24H32O2Si/c1-16(2)27(17(3)4,18(5)6)26-21-13-14-23-20(15-21)12-11-19-9-7-8-10-22(19)24(23)25/h7-10,13-18H,11-12H2,1-6H3. The van der Waals surface area contributed by atoms with Crippen LogP contribution in [0.5, 0.6) is 5.75 Å². The van der Waals surface area contributed by atoms with Crippen LogP contribution < -0.4 is 4.43 Å². The Kier molecular flexibility index (Phi) is 5.62. The highest BCUT2D eigenvalue weighted by molar-refractivity contribution is 6.78. The first-order chi connectivity index (χ1) is 12.8. The van der Waals surface area contributed by atoms with Crippen LogP contribution in [-0.2, 0) is 12.8 Å². The van der Waals surface area contributed by atoms with Crippen molar-refractivity contribution in [3.8, 4) is 5.75 Å². The number of hydrogen-bond acceptors (Lipinski definition) is 2. The molecular weight excluding hydrogens is 348 g/mol. The van der Waals surface area contributed by atoms with E-state index < -0.39 is 8.32 Å². The van der Waals surface area contributed by atoms with Gasteiger partial charge in [-0.25, -0.2) is 0 Å². The summed E-state index contributed by atoms with van der Waals surface area (Å²) < 4.78 is 6.83. The lowest BCUT2D eigenvalue weighted by Crippen LogP contribution is -2.50. The average Bonchev–Trinajstić information content (AvgIpc) is 2.76. The largest absolute Gasteiger partial charge is 0.543 e. The zero-order valence-corrected chi connectivity index (χ0v) is 18.5. The van der Waals surface area contributed by atoms with E-state index in [0.717, 1.165) is 40.8 Å². The van der Waals surface area contributed by atoms with Crippen LogP contribution in [0.3, 0.4) is 0 Å². The Balaban J connectivity index is 1.99. The summed E-state index contributed by atoms with van der Waals surface area (Å²) in [7, 11) is -1.99. The third-order valence-electron chi connectivity index (χ3n) is 6.25. The molecule has 2 aromatic carbocycles. The maximum atomic E-state index is 13.0. The van der Waals surface area contributed by atoms with Crippen LogP contribution in [0.2, 0.25) is 16.6 Å². The molecule has 0 unspecified atom stereocenters. The predicted molar refractivity (Wildman–Crippen MR) is 115 cm³/mol. The van der Waals surface area contributed by atoms with Crippen LogP contribution in [0.4, 0.5) is 0 Å². The number of benzene rings is 2. The van der Waals surface area contributed by atoms with Gasteiger partial charge in [0.2, 0.25) is 0 Å². The summed E-state index contributed by atoms with van der Waals surface area (Å²) in [5.74, 6) is 1.08. The third-order valence-corrected chi connectivity index (χ3v) is 12.3. The van der Waals surface area contributed by atoms with Gasteiger partial charge in [-0.15, -0.1) is 0 Å². The molecular formula is C24H32O2Si. The van der Waals surface area contributed by atoms with Crippen molar-refractivity contribution in [1.29, 1.82) is 0 Å². The Bertz CT molecular complexity index is 814. The van der Waals surface area contributed by atoms with Crippen LogP contribution in [0.15, 0.2) is 42.5 Å². The zero-order valence-electron chi connectivity index (χ0n) is 17.5. The summed E-state index contributed by atoms with van der Waals surface area (Å²) >= 11 is 0. The molecule has 0 bridgehead atoms. The van der Waals surface area contributed by atoms with Crippen LogP contribution in [0.25, 0.3) is 0 Å². The van der Waals surface area contributed by atoms with Gasteiger partial charge in [-0.3, -0.25) is 4.79 Å². The summed E-state index contributed by atoms with van der Waals surface area (Å²) in [4.78, 5) is 13.0. The van der Waals surface area contributed by atoms with E-state index in [1.165, 1.54) is 0 Å². The van der Waals surface area contributed by atoms with Gasteiger partial charge in [0.1, 0.15) is 5.75 Å². The Labute approximate surface area is 165 Å². The van der Waals surface area contributed by atoms with E-state index in [4.69, 9.17) is 4.43 Å². The molecule has 0 saturated heterocycles. The average molecular weight is 381 g/mol. The minimum absolute atomic E-state index is 0.143.